The minimum Gasteiger partial charge on any atom is -0.308 e. The number of nitrogens with zero attached hydrogens (tertiary/aromatic N) is 4. The molecular weight excluding hydrogens is 789 g/mol. The summed E-state index contributed by atoms with van der Waals surface area (Å²) in [5, 5.41) is 11.7. The van der Waals surface area contributed by atoms with Gasteiger partial charge in [-0.3, -0.25) is 0 Å². The summed E-state index contributed by atoms with van der Waals surface area (Å²) < 4.78 is 2.52. The number of benzene rings is 11. The van der Waals surface area contributed by atoms with Crippen LogP contribution in [-0.4, -0.2) is 19.5 Å². The predicted octanol–water partition coefficient (Wildman–Crippen LogP) is 15.9. The number of aromatic nitrogens is 4. The molecule has 0 radical (unpaired) electrons. The Morgan fingerprint density at radius 3 is 1.31 bits per heavy atom. The van der Waals surface area contributed by atoms with E-state index in [1.54, 1.807) is 0 Å². The largest absolute Gasteiger partial charge is 0.308 e. The van der Waals surface area contributed by atoms with Gasteiger partial charge >= 0.3 is 0 Å². The third kappa shape index (κ3) is 6.26. The van der Waals surface area contributed by atoms with Crippen molar-refractivity contribution in [2.24, 2.45) is 0 Å². The third-order valence-electron chi connectivity index (χ3n) is 12.9. The molecule has 13 aromatic rings. The summed E-state index contributed by atoms with van der Waals surface area (Å²) in [7, 11) is 0. The molecule has 0 bridgehead atoms. The van der Waals surface area contributed by atoms with Gasteiger partial charge in [0.1, 0.15) is 0 Å². The van der Waals surface area contributed by atoms with Crippen LogP contribution in [0.3, 0.4) is 0 Å². The second kappa shape index (κ2) is 15.0. The summed E-state index contributed by atoms with van der Waals surface area (Å²) in [6.07, 6.45) is 0. The van der Waals surface area contributed by atoms with Crippen LogP contribution in [0.5, 0.6) is 0 Å². The highest BCUT2D eigenvalue weighted by Gasteiger charge is 2.24. The van der Waals surface area contributed by atoms with Gasteiger partial charge in [-0.05, 0) is 96.9 Å². The lowest BCUT2D eigenvalue weighted by Crippen LogP contribution is -2.04. The van der Waals surface area contributed by atoms with Gasteiger partial charge in [0.2, 0.25) is 0 Å². The summed E-state index contributed by atoms with van der Waals surface area (Å²) >= 11 is 0. The van der Waals surface area contributed by atoms with Crippen LogP contribution in [-0.2, 0) is 0 Å². The van der Waals surface area contributed by atoms with Crippen LogP contribution >= 0.6 is 0 Å². The predicted molar refractivity (Wildman–Crippen MR) is 271 cm³/mol. The first kappa shape index (κ1) is 36.9. The molecular formula is C61H38N4. The van der Waals surface area contributed by atoms with E-state index in [1.165, 1.54) is 37.7 Å². The van der Waals surface area contributed by atoms with Crippen molar-refractivity contribution in [1.29, 1.82) is 0 Å². The fraction of sp³-hybridized carbons (Fsp3) is 0. The van der Waals surface area contributed by atoms with Crippen molar-refractivity contribution in [2.75, 3.05) is 0 Å². The summed E-state index contributed by atoms with van der Waals surface area (Å²) in [6, 6.07) is 82.6. The van der Waals surface area contributed by atoms with Gasteiger partial charge in [-0.15, -0.1) is 0 Å². The average Bonchev–Trinajstić information content (AvgIpc) is 3.68. The molecule has 2 aromatic heterocycles. The summed E-state index contributed by atoms with van der Waals surface area (Å²) in [5.74, 6) is 1.86. The van der Waals surface area contributed by atoms with E-state index in [2.05, 4.69) is 217 Å². The van der Waals surface area contributed by atoms with E-state index in [-0.39, 0.29) is 0 Å². The normalized spacial score (nSPS) is 11.7. The fourth-order valence-corrected chi connectivity index (χ4v) is 9.78. The molecule has 0 aliphatic heterocycles. The fourth-order valence-electron chi connectivity index (χ4n) is 9.78. The van der Waals surface area contributed by atoms with Gasteiger partial charge in [0.05, 0.1) is 16.7 Å². The molecule has 0 saturated heterocycles. The van der Waals surface area contributed by atoms with Crippen molar-refractivity contribution in [3.05, 3.63) is 231 Å². The lowest BCUT2D eigenvalue weighted by atomic mass is 9.91. The summed E-state index contributed by atoms with van der Waals surface area (Å²) in [5.41, 5.74) is 10.6. The number of hydrogen-bond donors (Lipinski definition) is 0. The lowest BCUT2D eigenvalue weighted by Gasteiger charge is -2.21. The highest BCUT2D eigenvalue weighted by Crippen LogP contribution is 2.46. The second-order valence-corrected chi connectivity index (χ2v) is 16.8. The van der Waals surface area contributed by atoms with E-state index in [9.17, 15) is 0 Å². The van der Waals surface area contributed by atoms with E-state index in [0.717, 1.165) is 71.8 Å². The van der Waals surface area contributed by atoms with Crippen LogP contribution in [0.2, 0.25) is 0 Å². The monoisotopic (exact) mass is 826 g/mol. The minimum atomic E-state index is 0.611. The molecule has 0 unspecified atom stereocenters. The zero-order valence-electron chi connectivity index (χ0n) is 35.2. The molecule has 2 heterocycles. The number of fused-ring (bicyclic) bond motifs is 7. The van der Waals surface area contributed by atoms with E-state index < -0.39 is 0 Å². The Balaban J connectivity index is 1.18. The zero-order valence-corrected chi connectivity index (χ0v) is 35.2. The smallest absolute Gasteiger partial charge is 0.164 e. The first-order valence-corrected chi connectivity index (χ1v) is 22.1. The molecule has 65 heavy (non-hydrogen) atoms. The van der Waals surface area contributed by atoms with Gasteiger partial charge in [-0.2, -0.15) is 0 Å². The van der Waals surface area contributed by atoms with Crippen molar-refractivity contribution in [2.45, 2.75) is 0 Å². The quantitative estimate of drug-likeness (QED) is 0.168. The first-order valence-electron chi connectivity index (χ1n) is 22.1. The lowest BCUT2D eigenvalue weighted by molar-refractivity contribution is 1.08. The number of hydrogen-bond acceptors (Lipinski definition) is 3. The maximum atomic E-state index is 5.43. The second-order valence-electron chi connectivity index (χ2n) is 16.8. The molecule has 4 heteroatoms. The van der Waals surface area contributed by atoms with Gasteiger partial charge in [0, 0.05) is 38.4 Å². The molecule has 0 aliphatic carbocycles. The van der Waals surface area contributed by atoms with E-state index in [1.807, 2.05) is 18.2 Å². The van der Waals surface area contributed by atoms with Crippen molar-refractivity contribution < 1.29 is 0 Å². The molecule has 11 aromatic carbocycles. The Bertz CT molecular complexity index is 3890. The van der Waals surface area contributed by atoms with Gasteiger partial charge in [-0.1, -0.05) is 188 Å². The summed E-state index contributed by atoms with van der Waals surface area (Å²) in [4.78, 5) is 16.0. The van der Waals surface area contributed by atoms with Crippen molar-refractivity contribution in [3.63, 3.8) is 0 Å². The topological polar surface area (TPSA) is 43.6 Å². The van der Waals surface area contributed by atoms with Crippen LogP contribution in [0.1, 0.15) is 0 Å². The summed E-state index contributed by atoms with van der Waals surface area (Å²) in [6.45, 7) is 0. The molecule has 0 saturated carbocycles. The van der Waals surface area contributed by atoms with Crippen LogP contribution in [0.25, 0.3) is 127 Å². The van der Waals surface area contributed by atoms with Crippen LogP contribution in [0, 0.1) is 0 Å². The molecule has 0 spiro atoms. The standard InChI is InChI=1S/C61H38N4/c1-4-16-39(17-5-1)48-30-31-50-52(33-48)55(61-63-59(42-21-8-3-9-22-42)62-60(64-61)49-29-28-40-18-10-11-23-43(40)32-49)38-51(41-19-6-2-7-20-41)58(50)65-56-36-46-26-14-12-24-44(46)34-53(56)54-35-45-25-13-15-27-47(45)37-57(54)65/h1-38H. The maximum Gasteiger partial charge on any atom is 0.164 e. The van der Waals surface area contributed by atoms with Crippen LogP contribution < -0.4 is 0 Å². The van der Waals surface area contributed by atoms with Crippen LogP contribution in [0.4, 0.5) is 0 Å². The van der Waals surface area contributed by atoms with E-state index >= 15 is 0 Å². The molecule has 4 nitrogen and oxygen atoms in total. The van der Waals surface area contributed by atoms with E-state index in [4.69, 9.17) is 15.0 Å². The molecule has 0 aliphatic rings. The van der Waals surface area contributed by atoms with Crippen molar-refractivity contribution in [1.82, 2.24) is 19.5 Å². The Morgan fingerprint density at radius 2 is 0.708 bits per heavy atom. The molecule has 0 N–H and O–H groups in total. The Hall–Kier alpha value is -8.73. The highest BCUT2D eigenvalue weighted by atomic mass is 15.0. The average molecular weight is 827 g/mol. The Kier molecular flexibility index (Phi) is 8.50. The molecule has 0 amide bonds. The highest BCUT2D eigenvalue weighted by molar-refractivity contribution is 6.19. The molecule has 0 atom stereocenters. The van der Waals surface area contributed by atoms with Crippen LogP contribution in [0.15, 0.2) is 231 Å². The van der Waals surface area contributed by atoms with Gasteiger partial charge in [0.15, 0.2) is 17.5 Å². The number of rotatable bonds is 6. The molecule has 13 rings (SSSR count). The van der Waals surface area contributed by atoms with E-state index in [0.29, 0.717) is 17.5 Å². The van der Waals surface area contributed by atoms with Crippen molar-refractivity contribution >= 4 is 64.9 Å². The molecule has 302 valence electrons. The zero-order chi connectivity index (χ0) is 42.8. The third-order valence-corrected chi connectivity index (χ3v) is 12.9. The maximum absolute atomic E-state index is 5.43. The SMILES string of the molecule is c1ccc(-c2ccc3c(-n4c5cc6ccccc6cc5c5cc6ccccc6cc54)c(-c4ccccc4)cc(-c4nc(-c5ccccc5)nc(-c5ccc6ccccc6c5)n4)c3c2)cc1. The van der Waals surface area contributed by atoms with Gasteiger partial charge in [-0.25, -0.2) is 15.0 Å². The van der Waals surface area contributed by atoms with Crippen molar-refractivity contribution in [3.8, 4) is 62.1 Å². The Morgan fingerprint density at radius 1 is 0.246 bits per heavy atom. The first-order chi connectivity index (χ1) is 32.2. The molecule has 0 fully saturated rings. The Labute approximate surface area is 375 Å². The van der Waals surface area contributed by atoms with Gasteiger partial charge in [0.25, 0.3) is 0 Å². The minimum absolute atomic E-state index is 0.611. The van der Waals surface area contributed by atoms with Gasteiger partial charge < -0.3 is 4.57 Å².